The number of amides is 3. The van der Waals surface area contributed by atoms with Crippen LogP contribution in [0, 0.1) is 0 Å². The van der Waals surface area contributed by atoms with Crippen LogP contribution < -0.4 is 10.6 Å². The van der Waals surface area contributed by atoms with Gasteiger partial charge in [-0.1, -0.05) is 54.1 Å². The van der Waals surface area contributed by atoms with E-state index in [0.717, 1.165) is 16.3 Å². The number of nitrogens with zero attached hydrogens (tertiary/aromatic N) is 2. The van der Waals surface area contributed by atoms with Gasteiger partial charge in [0, 0.05) is 43.2 Å². The lowest BCUT2D eigenvalue weighted by atomic mass is 10.2. The second-order valence-electron chi connectivity index (χ2n) is 6.39. The highest BCUT2D eigenvalue weighted by Gasteiger charge is 2.11. The van der Waals surface area contributed by atoms with Gasteiger partial charge in [0.15, 0.2) is 0 Å². The molecule has 3 amide bonds. The Kier molecular flexibility index (Phi) is 6.45. The summed E-state index contributed by atoms with van der Waals surface area (Å²) in [4.78, 5) is 30.1. The SMILES string of the molecule is CN(CCC(=O)Nc1cc2ccccc2cn1)C(=O)NCc1ccccc1Cl. The zero-order valence-electron chi connectivity index (χ0n) is 15.5. The van der Waals surface area contributed by atoms with Crippen LogP contribution in [0.2, 0.25) is 5.02 Å². The molecule has 144 valence electrons. The summed E-state index contributed by atoms with van der Waals surface area (Å²) in [6.45, 7) is 0.615. The molecule has 2 N–H and O–H groups in total. The van der Waals surface area contributed by atoms with Crippen molar-refractivity contribution in [2.75, 3.05) is 18.9 Å². The van der Waals surface area contributed by atoms with Crippen LogP contribution in [0.5, 0.6) is 0 Å². The van der Waals surface area contributed by atoms with Crippen molar-refractivity contribution < 1.29 is 9.59 Å². The summed E-state index contributed by atoms with van der Waals surface area (Å²) < 4.78 is 0. The number of nitrogens with one attached hydrogen (secondary N) is 2. The molecule has 0 fully saturated rings. The van der Waals surface area contributed by atoms with Crippen molar-refractivity contribution in [3.8, 4) is 0 Å². The lowest BCUT2D eigenvalue weighted by molar-refractivity contribution is -0.116. The van der Waals surface area contributed by atoms with Crippen molar-refractivity contribution in [1.29, 1.82) is 0 Å². The number of anilines is 1. The molecule has 7 heteroatoms. The third-order valence-corrected chi connectivity index (χ3v) is 4.68. The van der Waals surface area contributed by atoms with Gasteiger partial charge in [0.2, 0.25) is 5.91 Å². The highest BCUT2D eigenvalue weighted by atomic mass is 35.5. The summed E-state index contributed by atoms with van der Waals surface area (Å²) in [6, 6.07) is 16.7. The number of pyridine rings is 1. The van der Waals surface area contributed by atoms with Gasteiger partial charge < -0.3 is 15.5 Å². The molecular formula is C21H21ClN4O2. The Balaban J connectivity index is 1.46. The predicted molar refractivity (Wildman–Crippen MR) is 111 cm³/mol. The van der Waals surface area contributed by atoms with Crippen molar-refractivity contribution in [2.45, 2.75) is 13.0 Å². The minimum atomic E-state index is -0.267. The van der Waals surface area contributed by atoms with Crippen LogP contribution >= 0.6 is 11.6 Å². The number of urea groups is 1. The van der Waals surface area contributed by atoms with Gasteiger partial charge in [-0.25, -0.2) is 9.78 Å². The van der Waals surface area contributed by atoms with Gasteiger partial charge in [0.05, 0.1) is 0 Å². The van der Waals surface area contributed by atoms with Gasteiger partial charge >= 0.3 is 6.03 Å². The van der Waals surface area contributed by atoms with E-state index >= 15 is 0 Å². The summed E-state index contributed by atoms with van der Waals surface area (Å²) in [5, 5.41) is 8.18. The second-order valence-corrected chi connectivity index (χ2v) is 6.79. The first kappa shape index (κ1) is 19.6. The van der Waals surface area contributed by atoms with Gasteiger partial charge in [0.25, 0.3) is 0 Å². The first-order valence-electron chi connectivity index (χ1n) is 8.90. The molecule has 0 atom stereocenters. The molecule has 1 aromatic heterocycles. The lowest BCUT2D eigenvalue weighted by Gasteiger charge is -2.18. The van der Waals surface area contributed by atoms with Crippen molar-refractivity contribution in [2.24, 2.45) is 0 Å². The number of carbonyl (C=O) groups excluding carboxylic acids is 2. The molecule has 0 aliphatic heterocycles. The van der Waals surface area contributed by atoms with E-state index < -0.39 is 0 Å². The largest absolute Gasteiger partial charge is 0.334 e. The van der Waals surface area contributed by atoms with Crippen LogP contribution in [0.4, 0.5) is 10.6 Å². The van der Waals surface area contributed by atoms with Crippen LogP contribution in [-0.4, -0.2) is 35.4 Å². The fourth-order valence-electron chi connectivity index (χ4n) is 2.68. The summed E-state index contributed by atoms with van der Waals surface area (Å²) in [6.07, 6.45) is 1.89. The normalized spacial score (nSPS) is 10.5. The highest BCUT2D eigenvalue weighted by Crippen LogP contribution is 2.16. The zero-order valence-corrected chi connectivity index (χ0v) is 16.2. The molecule has 3 rings (SSSR count). The molecule has 0 aliphatic rings. The number of carbonyl (C=O) groups is 2. The third kappa shape index (κ3) is 5.20. The quantitative estimate of drug-likeness (QED) is 0.659. The van der Waals surface area contributed by atoms with E-state index in [9.17, 15) is 9.59 Å². The summed E-state index contributed by atoms with van der Waals surface area (Å²) in [5.74, 6) is 0.294. The number of benzene rings is 2. The monoisotopic (exact) mass is 396 g/mol. The van der Waals surface area contributed by atoms with E-state index in [2.05, 4.69) is 15.6 Å². The van der Waals surface area contributed by atoms with Crippen molar-refractivity contribution in [3.05, 3.63) is 71.4 Å². The Morgan fingerprint density at radius 2 is 1.79 bits per heavy atom. The first-order valence-corrected chi connectivity index (χ1v) is 9.28. The van der Waals surface area contributed by atoms with Crippen molar-refractivity contribution >= 4 is 40.1 Å². The molecule has 0 bridgehead atoms. The number of hydrogen-bond donors (Lipinski definition) is 2. The Morgan fingerprint density at radius 3 is 2.57 bits per heavy atom. The number of rotatable bonds is 6. The van der Waals surface area contributed by atoms with Crippen LogP contribution in [0.25, 0.3) is 10.8 Å². The van der Waals surface area contributed by atoms with Crippen LogP contribution in [0.3, 0.4) is 0 Å². The maximum absolute atomic E-state index is 12.2. The maximum Gasteiger partial charge on any atom is 0.317 e. The Morgan fingerprint density at radius 1 is 1.07 bits per heavy atom. The lowest BCUT2D eigenvalue weighted by Crippen LogP contribution is -2.38. The topological polar surface area (TPSA) is 74.3 Å². The Labute approximate surface area is 168 Å². The number of halogens is 1. The van der Waals surface area contributed by atoms with Crippen LogP contribution in [0.1, 0.15) is 12.0 Å². The standard InChI is InChI=1S/C21H21ClN4O2/c1-26(21(28)24-14-17-8-4-5-9-18(17)22)11-10-20(27)25-19-12-15-6-2-3-7-16(15)13-23-19/h2-9,12-13H,10-11,14H2,1H3,(H,24,28)(H,23,25,27). The second kappa shape index (κ2) is 9.19. The van der Waals surface area contributed by atoms with Gasteiger partial charge in [-0.05, 0) is 23.1 Å². The summed E-state index contributed by atoms with van der Waals surface area (Å²) >= 11 is 6.08. The van der Waals surface area contributed by atoms with E-state index in [1.54, 1.807) is 19.3 Å². The molecule has 0 saturated heterocycles. The van der Waals surface area contributed by atoms with E-state index in [4.69, 9.17) is 11.6 Å². The Hall–Kier alpha value is -3.12. The number of hydrogen-bond acceptors (Lipinski definition) is 3. The number of fused-ring (bicyclic) bond motifs is 1. The molecule has 28 heavy (non-hydrogen) atoms. The molecule has 0 spiro atoms. The maximum atomic E-state index is 12.2. The molecule has 2 aromatic carbocycles. The average molecular weight is 397 g/mol. The van der Waals surface area contributed by atoms with Gasteiger partial charge in [0.1, 0.15) is 5.82 Å². The van der Waals surface area contributed by atoms with Crippen LogP contribution in [-0.2, 0) is 11.3 Å². The fourth-order valence-corrected chi connectivity index (χ4v) is 2.88. The fraction of sp³-hybridized carbons (Fsp3) is 0.190. The van der Waals surface area contributed by atoms with Gasteiger partial charge in [-0.15, -0.1) is 0 Å². The predicted octanol–water partition coefficient (Wildman–Crippen LogP) is 4.06. The Bertz CT molecular complexity index is 993. The van der Waals surface area contributed by atoms with Crippen molar-refractivity contribution in [1.82, 2.24) is 15.2 Å². The first-order chi connectivity index (χ1) is 13.5. The molecule has 0 aliphatic carbocycles. The van der Waals surface area contributed by atoms with Gasteiger partial charge in [-0.3, -0.25) is 4.79 Å². The molecule has 6 nitrogen and oxygen atoms in total. The minimum Gasteiger partial charge on any atom is -0.334 e. The number of aromatic nitrogens is 1. The van der Waals surface area contributed by atoms with E-state index in [0.29, 0.717) is 17.4 Å². The van der Waals surface area contributed by atoms with E-state index in [1.807, 2.05) is 48.5 Å². The van der Waals surface area contributed by atoms with E-state index in [-0.39, 0.29) is 24.9 Å². The minimum absolute atomic E-state index is 0.171. The third-order valence-electron chi connectivity index (χ3n) is 4.31. The molecule has 1 heterocycles. The van der Waals surface area contributed by atoms with Crippen LogP contribution in [0.15, 0.2) is 60.8 Å². The highest BCUT2D eigenvalue weighted by molar-refractivity contribution is 6.31. The zero-order chi connectivity index (χ0) is 19.9. The molecule has 0 unspecified atom stereocenters. The smallest absolute Gasteiger partial charge is 0.317 e. The molecule has 3 aromatic rings. The summed E-state index contributed by atoms with van der Waals surface area (Å²) in [7, 11) is 1.64. The molecule has 0 radical (unpaired) electrons. The molecular weight excluding hydrogens is 376 g/mol. The molecule has 0 saturated carbocycles. The van der Waals surface area contributed by atoms with Crippen molar-refractivity contribution in [3.63, 3.8) is 0 Å². The summed E-state index contributed by atoms with van der Waals surface area (Å²) in [5.41, 5.74) is 0.839. The van der Waals surface area contributed by atoms with E-state index in [1.165, 1.54) is 4.90 Å². The van der Waals surface area contributed by atoms with Gasteiger partial charge in [-0.2, -0.15) is 0 Å². The average Bonchev–Trinajstić information content (AvgIpc) is 2.71.